The molecule has 1 aromatic heterocycles. The van der Waals surface area contributed by atoms with Crippen molar-refractivity contribution in [2.45, 2.75) is 37.8 Å². The summed E-state index contributed by atoms with van der Waals surface area (Å²) in [6.45, 7) is 0. The van der Waals surface area contributed by atoms with Gasteiger partial charge in [-0.15, -0.1) is 0 Å². The van der Waals surface area contributed by atoms with Crippen LogP contribution >= 0.6 is 0 Å². The fourth-order valence-electron chi connectivity index (χ4n) is 3.96. The van der Waals surface area contributed by atoms with E-state index in [9.17, 15) is 13.6 Å². The molecule has 1 heterocycles. The van der Waals surface area contributed by atoms with E-state index in [1.54, 1.807) is 30.3 Å². The van der Waals surface area contributed by atoms with Crippen LogP contribution in [0.2, 0.25) is 0 Å². The third-order valence-electron chi connectivity index (χ3n) is 5.72. The van der Waals surface area contributed by atoms with Crippen molar-refractivity contribution in [2.24, 2.45) is 11.5 Å². The van der Waals surface area contributed by atoms with Crippen molar-refractivity contribution in [1.29, 1.82) is 0 Å². The van der Waals surface area contributed by atoms with Gasteiger partial charge in [-0.05, 0) is 55.3 Å². The molecule has 0 radical (unpaired) electrons. The number of hydrogen-bond acceptors (Lipinski definition) is 5. The molecule has 1 saturated carbocycles. The van der Waals surface area contributed by atoms with Gasteiger partial charge in [-0.2, -0.15) is 0 Å². The minimum absolute atomic E-state index is 0.0142. The van der Waals surface area contributed by atoms with Gasteiger partial charge in [0.2, 0.25) is 0 Å². The molecule has 32 heavy (non-hydrogen) atoms. The molecule has 8 heteroatoms. The number of carbonyl (C=O) groups is 1. The maximum Gasteiger partial charge on any atom is 0.250 e. The van der Waals surface area contributed by atoms with Crippen LogP contribution < -0.4 is 22.1 Å². The quantitative estimate of drug-likeness (QED) is 0.453. The Bertz CT molecular complexity index is 1140. The highest BCUT2D eigenvalue weighted by atomic mass is 19.2. The molecule has 6 nitrogen and oxygen atoms in total. The molecular weight excluding hydrogens is 412 g/mol. The Morgan fingerprint density at radius 1 is 0.969 bits per heavy atom. The van der Waals surface area contributed by atoms with E-state index in [1.165, 1.54) is 6.07 Å². The number of nitrogens with one attached hydrogen (secondary N) is 2. The van der Waals surface area contributed by atoms with E-state index in [1.807, 2.05) is 6.07 Å². The molecule has 0 unspecified atom stereocenters. The summed E-state index contributed by atoms with van der Waals surface area (Å²) in [4.78, 5) is 16.5. The topological polar surface area (TPSA) is 106 Å². The Hall–Kier alpha value is -3.52. The SMILES string of the molecule is NC(=O)c1ccccc1Nc1nc(-c2ccc(F)c(F)c2)ccc1N[C@@H]1CCCC[C@@H]1N. The van der Waals surface area contributed by atoms with Crippen LogP contribution in [0.4, 0.5) is 26.0 Å². The van der Waals surface area contributed by atoms with E-state index in [2.05, 4.69) is 15.6 Å². The van der Waals surface area contributed by atoms with Gasteiger partial charge in [0.15, 0.2) is 17.5 Å². The second-order valence-corrected chi connectivity index (χ2v) is 7.96. The first kappa shape index (κ1) is 21.7. The van der Waals surface area contributed by atoms with Gasteiger partial charge in [0, 0.05) is 17.6 Å². The van der Waals surface area contributed by atoms with Crippen LogP contribution in [0, 0.1) is 11.6 Å². The summed E-state index contributed by atoms with van der Waals surface area (Å²) in [6.07, 6.45) is 4.05. The van der Waals surface area contributed by atoms with Gasteiger partial charge < -0.3 is 22.1 Å². The third-order valence-corrected chi connectivity index (χ3v) is 5.72. The minimum Gasteiger partial charge on any atom is -0.378 e. The van der Waals surface area contributed by atoms with E-state index in [0.717, 1.165) is 37.8 Å². The number of primary amides is 1. The summed E-state index contributed by atoms with van der Waals surface area (Å²) in [5, 5.41) is 6.65. The van der Waals surface area contributed by atoms with Crippen LogP contribution in [-0.4, -0.2) is 23.0 Å². The zero-order valence-corrected chi connectivity index (χ0v) is 17.4. The minimum atomic E-state index is -0.951. The summed E-state index contributed by atoms with van der Waals surface area (Å²) < 4.78 is 27.2. The number of pyridine rings is 1. The highest BCUT2D eigenvalue weighted by molar-refractivity contribution is 5.99. The first-order valence-electron chi connectivity index (χ1n) is 10.6. The molecule has 1 aliphatic carbocycles. The van der Waals surface area contributed by atoms with Gasteiger partial charge in [-0.1, -0.05) is 25.0 Å². The molecule has 0 spiro atoms. The number of halogens is 2. The molecule has 0 bridgehead atoms. The summed E-state index contributed by atoms with van der Waals surface area (Å²) in [5.41, 5.74) is 14.2. The van der Waals surface area contributed by atoms with Crippen LogP contribution in [0.15, 0.2) is 54.6 Å². The standard InChI is InChI=1S/C24H25F2N5O/c25-16-10-9-14(13-17(16)26)19-11-12-22(29-21-8-4-2-6-18(21)27)24(30-19)31-20-7-3-1-5-15(20)23(28)32/h1,3,5,7,9-13,18,21,29H,2,4,6,8,27H2,(H2,28,32)(H,30,31)/t18-,21+/m0/s1. The molecule has 6 N–H and O–H groups in total. The number of para-hydroxylation sites is 1. The molecule has 3 aromatic rings. The number of nitrogens with two attached hydrogens (primary N) is 2. The predicted octanol–water partition coefficient (Wildman–Crippen LogP) is 4.55. The second kappa shape index (κ2) is 9.32. The van der Waals surface area contributed by atoms with E-state index in [-0.39, 0.29) is 12.1 Å². The molecule has 1 aliphatic rings. The third kappa shape index (κ3) is 4.70. The fraction of sp³-hybridized carbons (Fsp3) is 0.250. The number of aromatic nitrogens is 1. The van der Waals surface area contributed by atoms with Crippen LogP contribution in [0.1, 0.15) is 36.0 Å². The predicted molar refractivity (Wildman–Crippen MR) is 122 cm³/mol. The van der Waals surface area contributed by atoms with E-state index < -0.39 is 17.5 Å². The Balaban J connectivity index is 1.74. The Labute approximate surface area is 185 Å². The lowest BCUT2D eigenvalue weighted by molar-refractivity contribution is 0.100. The van der Waals surface area contributed by atoms with Gasteiger partial charge in [0.05, 0.1) is 22.6 Å². The summed E-state index contributed by atoms with van der Waals surface area (Å²) >= 11 is 0. The Morgan fingerprint density at radius 3 is 2.50 bits per heavy atom. The van der Waals surface area contributed by atoms with Crippen molar-refractivity contribution < 1.29 is 13.6 Å². The molecular formula is C24H25F2N5O. The number of amides is 1. The first-order chi connectivity index (χ1) is 15.4. The maximum atomic E-state index is 13.8. The number of benzene rings is 2. The number of nitrogens with zero attached hydrogens (tertiary/aromatic N) is 1. The summed E-state index contributed by atoms with van der Waals surface area (Å²) in [5.74, 6) is -2.02. The molecule has 166 valence electrons. The lowest BCUT2D eigenvalue weighted by Crippen LogP contribution is -2.42. The summed E-state index contributed by atoms with van der Waals surface area (Å²) in [7, 11) is 0. The highest BCUT2D eigenvalue weighted by Crippen LogP contribution is 2.32. The molecule has 0 aliphatic heterocycles. The average Bonchev–Trinajstić information content (AvgIpc) is 2.78. The number of carbonyl (C=O) groups excluding carboxylic acids is 1. The van der Waals surface area contributed by atoms with Gasteiger partial charge in [0.1, 0.15) is 0 Å². The first-order valence-corrected chi connectivity index (χ1v) is 10.6. The van der Waals surface area contributed by atoms with Crippen LogP contribution in [0.5, 0.6) is 0 Å². The van der Waals surface area contributed by atoms with Gasteiger partial charge in [-0.25, -0.2) is 13.8 Å². The van der Waals surface area contributed by atoms with Gasteiger partial charge in [-0.3, -0.25) is 4.79 Å². The number of hydrogen-bond donors (Lipinski definition) is 4. The zero-order chi connectivity index (χ0) is 22.7. The van der Waals surface area contributed by atoms with E-state index >= 15 is 0 Å². The summed E-state index contributed by atoms with van der Waals surface area (Å²) in [6, 6.07) is 14.1. The highest BCUT2D eigenvalue weighted by Gasteiger charge is 2.23. The molecule has 0 saturated heterocycles. The maximum absolute atomic E-state index is 13.8. The molecule has 2 aromatic carbocycles. The number of anilines is 3. The van der Waals surface area contributed by atoms with Crippen molar-refractivity contribution in [2.75, 3.05) is 10.6 Å². The van der Waals surface area contributed by atoms with Crippen molar-refractivity contribution in [1.82, 2.24) is 4.98 Å². The van der Waals surface area contributed by atoms with Crippen molar-refractivity contribution >= 4 is 23.1 Å². The van der Waals surface area contributed by atoms with Gasteiger partial charge >= 0.3 is 0 Å². The van der Waals surface area contributed by atoms with E-state index in [0.29, 0.717) is 34.0 Å². The van der Waals surface area contributed by atoms with Crippen molar-refractivity contribution in [3.8, 4) is 11.3 Å². The largest absolute Gasteiger partial charge is 0.378 e. The normalized spacial score (nSPS) is 18.2. The molecule has 1 fully saturated rings. The van der Waals surface area contributed by atoms with E-state index in [4.69, 9.17) is 11.5 Å². The Kier molecular flexibility index (Phi) is 6.32. The number of rotatable bonds is 6. The monoisotopic (exact) mass is 437 g/mol. The Morgan fingerprint density at radius 2 is 1.75 bits per heavy atom. The van der Waals surface area contributed by atoms with Crippen molar-refractivity contribution in [3.05, 3.63) is 71.8 Å². The lowest BCUT2D eigenvalue weighted by Gasteiger charge is -2.31. The van der Waals surface area contributed by atoms with Crippen LogP contribution in [0.3, 0.4) is 0 Å². The molecule has 1 amide bonds. The average molecular weight is 437 g/mol. The second-order valence-electron chi connectivity index (χ2n) is 7.96. The van der Waals surface area contributed by atoms with Crippen LogP contribution in [0.25, 0.3) is 11.3 Å². The molecule has 4 rings (SSSR count). The molecule has 2 atom stereocenters. The van der Waals surface area contributed by atoms with Gasteiger partial charge in [0.25, 0.3) is 5.91 Å². The fourth-order valence-corrected chi connectivity index (χ4v) is 3.96. The van der Waals surface area contributed by atoms with Crippen molar-refractivity contribution in [3.63, 3.8) is 0 Å². The van der Waals surface area contributed by atoms with Crippen LogP contribution in [-0.2, 0) is 0 Å². The zero-order valence-electron chi connectivity index (χ0n) is 17.4. The smallest absolute Gasteiger partial charge is 0.250 e. The lowest BCUT2D eigenvalue weighted by atomic mass is 9.91.